The van der Waals surface area contributed by atoms with Gasteiger partial charge in [0.2, 0.25) is 5.91 Å². The van der Waals surface area contributed by atoms with E-state index in [1.54, 1.807) is 26.5 Å². The van der Waals surface area contributed by atoms with E-state index in [1.807, 2.05) is 41.8 Å². The maximum atomic E-state index is 12.4. The highest BCUT2D eigenvalue weighted by molar-refractivity contribution is 6.41. The summed E-state index contributed by atoms with van der Waals surface area (Å²) in [6.45, 7) is 9.31. The second-order valence-corrected chi connectivity index (χ2v) is 11.6. The van der Waals surface area contributed by atoms with E-state index in [-0.39, 0.29) is 5.91 Å². The minimum atomic E-state index is -0.297. The highest BCUT2D eigenvalue weighted by Gasteiger charge is 2.23. The summed E-state index contributed by atoms with van der Waals surface area (Å²) in [4.78, 5) is 26.5. The van der Waals surface area contributed by atoms with E-state index in [4.69, 9.17) is 42.6 Å². The SMILES string of the molecule is C=CC(=O)Nc1cc(N2CCN(C)CC2)ccc1Nc1cc2c(cn1)cc(-c1c(Cl)c(OC)cc(OC)c1Cl)c1nc(C)cn12. The van der Waals surface area contributed by atoms with Gasteiger partial charge in [-0.1, -0.05) is 29.8 Å². The van der Waals surface area contributed by atoms with Crippen molar-refractivity contribution in [3.8, 4) is 22.6 Å². The number of likely N-dealkylation sites (N-methyl/N-ethyl adjacent to an activating group) is 1. The van der Waals surface area contributed by atoms with Gasteiger partial charge in [-0.15, -0.1) is 0 Å². The van der Waals surface area contributed by atoms with E-state index in [1.165, 1.54) is 6.08 Å². The number of methoxy groups -OCH3 is 2. The Morgan fingerprint density at radius 2 is 1.71 bits per heavy atom. The lowest BCUT2D eigenvalue weighted by Gasteiger charge is -2.34. The molecule has 1 fully saturated rings. The topological polar surface area (TPSA) is 96.3 Å². The van der Waals surface area contributed by atoms with Gasteiger partial charge in [0, 0.05) is 72.9 Å². The third-order valence-electron chi connectivity index (χ3n) is 7.96. The van der Waals surface area contributed by atoms with Gasteiger partial charge in [-0.25, -0.2) is 9.97 Å². The van der Waals surface area contributed by atoms with Crippen LogP contribution in [0.5, 0.6) is 11.5 Å². The number of anilines is 4. The van der Waals surface area contributed by atoms with Crippen LogP contribution < -0.4 is 25.0 Å². The van der Waals surface area contributed by atoms with Gasteiger partial charge in [0.15, 0.2) is 0 Å². The molecule has 0 radical (unpaired) electrons. The molecule has 5 aromatic rings. The number of rotatable bonds is 8. The van der Waals surface area contributed by atoms with Gasteiger partial charge < -0.3 is 29.9 Å². The third kappa shape index (κ3) is 5.84. The lowest BCUT2D eigenvalue weighted by atomic mass is 10.0. The molecule has 2 N–H and O–H groups in total. The lowest BCUT2D eigenvalue weighted by Crippen LogP contribution is -2.44. The zero-order valence-corrected chi connectivity index (χ0v) is 27.0. The second kappa shape index (κ2) is 12.5. The van der Waals surface area contributed by atoms with Crippen LogP contribution in [-0.4, -0.2) is 72.6 Å². The van der Waals surface area contributed by atoms with E-state index in [0.717, 1.165) is 48.5 Å². The Balaban J connectivity index is 1.43. The Labute approximate surface area is 271 Å². The van der Waals surface area contributed by atoms with Crippen molar-refractivity contribution in [2.75, 3.05) is 63.0 Å². The fourth-order valence-electron chi connectivity index (χ4n) is 5.57. The number of hydrogen-bond acceptors (Lipinski definition) is 8. The van der Waals surface area contributed by atoms with Crippen molar-refractivity contribution in [3.63, 3.8) is 0 Å². The first-order valence-electron chi connectivity index (χ1n) is 14.4. The molecule has 1 aliphatic heterocycles. The summed E-state index contributed by atoms with van der Waals surface area (Å²) in [5, 5.41) is 7.89. The first-order chi connectivity index (χ1) is 21.7. The number of fused-ring (bicyclic) bond motifs is 3. The average Bonchev–Trinajstić information content (AvgIpc) is 3.44. The number of piperazine rings is 1. The first-order valence-corrected chi connectivity index (χ1v) is 15.1. The summed E-state index contributed by atoms with van der Waals surface area (Å²) >= 11 is 13.6. The summed E-state index contributed by atoms with van der Waals surface area (Å²) in [6, 6.07) is 11.6. The zero-order valence-electron chi connectivity index (χ0n) is 25.4. The molecule has 1 amide bonds. The molecule has 1 saturated heterocycles. The van der Waals surface area contributed by atoms with Crippen molar-refractivity contribution < 1.29 is 14.3 Å². The summed E-state index contributed by atoms with van der Waals surface area (Å²) in [6.07, 6.45) is 4.98. The van der Waals surface area contributed by atoms with Crippen LogP contribution in [0.4, 0.5) is 22.9 Å². The lowest BCUT2D eigenvalue weighted by molar-refractivity contribution is -0.111. The second-order valence-electron chi connectivity index (χ2n) is 10.9. The molecule has 232 valence electrons. The quantitative estimate of drug-likeness (QED) is 0.178. The minimum Gasteiger partial charge on any atom is -0.495 e. The maximum absolute atomic E-state index is 12.4. The molecular weight excluding hydrogens is 613 g/mol. The van der Waals surface area contributed by atoms with Crippen molar-refractivity contribution in [1.29, 1.82) is 0 Å². The summed E-state index contributed by atoms with van der Waals surface area (Å²) in [7, 11) is 5.21. The fourth-order valence-corrected chi connectivity index (χ4v) is 6.27. The molecule has 2 aromatic carbocycles. The molecule has 45 heavy (non-hydrogen) atoms. The number of hydrogen-bond donors (Lipinski definition) is 2. The zero-order chi connectivity index (χ0) is 31.8. The van der Waals surface area contributed by atoms with Gasteiger partial charge in [0.1, 0.15) is 23.0 Å². The first kappa shape index (κ1) is 30.5. The van der Waals surface area contributed by atoms with Crippen LogP contribution in [0.25, 0.3) is 27.7 Å². The Kier molecular flexibility index (Phi) is 8.46. The van der Waals surface area contributed by atoms with Crippen molar-refractivity contribution >= 4 is 68.5 Å². The highest BCUT2D eigenvalue weighted by Crippen LogP contribution is 2.47. The van der Waals surface area contributed by atoms with Crippen LogP contribution in [0.3, 0.4) is 0 Å². The Bertz CT molecular complexity index is 1920. The number of pyridine rings is 2. The molecular formula is C33H33Cl2N7O3. The van der Waals surface area contributed by atoms with Crippen LogP contribution in [0.1, 0.15) is 5.69 Å². The molecule has 3 aromatic heterocycles. The van der Waals surface area contributed by atoms with Gasteiger partial charge in [0.05, 0.1) is 46.9 Å². The van der Waals surface area contributed by atoms with Gasteiger partial charge in [0.25, 0.3) is 0 Å². The van der Waals surface area contributed by atoms with Gasteiger partial charge in [-0.3, -0.25) is 9.20 Å². The number of aromatic nitrogens is 3. The van der Waals surface area contributed by atoms with Crippen molar-refractivity contribution in [2.24, 2.45) is 0 Å². The predicted octanol–water partition coefficient (Wildman–Crippen LogP) is 6.80. The Morgan fingerprint density at radius 3 is 2.38 bits per heavy atom. The normalized spacial score (nSPS) is 13.7. The number of carbonyl (C=O) groups is 1. The predicted molar refractivity (Wildman–Crippen MR) is 182 cm³/mol. The maximum Gasteiger partial charge on any atom is 0.247 e. The number of benzene rings is 2. The number of nitrogens with one attached hydrogen (secondary N) is 2. The number of halogens is 2. The molecule has 0 spiro atoms. The smallest absolute Gasteiger partial charge is 0.247 e. The average molecular weight is 647 g/mol. The molecule has 4 heterocycles. The largest absolute Gasteiger partial charge is 0.495 e. The molecule has 6 rings (SSSR count). The molecule has 0 atom stereocenters. The van der Waals surface area contributed by atoms with Gasteiger partial charge in [-0.2, -0.15) is 0 Å². The Morgan fingerprint density at radius 1 is 1.00 bits per heavy atom. The van der Waals surface area contributed by atoms with Crippen LogP contribution in [0.15, 0.2) is 61.4 Å². The number of nitrogens with zero attached hydrogens (tertiary/aromatic N) is 5. The van der Waals surface area contributed by atoms with Crippen LogP contribution in [-0.2, 0) is 4.79 Å². The van der Waals surface area contributed by atoms with Gasteiger partial charge >= 0.3 is 0 Å². The number of aryl methyl sites for hydroxylation is 1. The van der Waals surface area contributed by atoms with Crippen molar-refractivity contribution in [2.45, 2.75) is 6.92 Å². The van der Waals surface area contributed by atoms with E-state index >= 15 is 0 Å². The summed E-state index contributed by atoms with van der Waals surface area (Å²) in [5.41, 5.74) is 5.96. The molecule has 0 saturated carbocycles. The van der Waals surface area contributed by atoms with Crippen LogP contribution in [0, 0.1) is 6.92 Å². The van der Waals surface area contributed by atoms with Gasteiger partial charge in [-0.05, 0) is 44.3 Å². The van der Waals surface area contributed by atoms with Crippen LogP contribution in [0.2, 0.25) is 10.0 Å². The molecule has 0 aliphatic carbocycles. The number of ether oxygens (including phenoxy) is 2. The highest BCUT2D eigenvalue weighted by atomic mass is 35.5. The summed E-state index contributed by atoms with van der Waals surface area (Å²) < 4.78 is 13.0. The molecule has 1 aliphatic rings. The standard InChI is InChI=1S/C33H33Cl2N7O3/c1-6-29(43)39-24-14-21(41-11-9-40(3)10-12-41)7-8-23(24)38-28-15-25-20(17-36-28)13-22(33-37-19(2)18-42(25)33)30-31(34)26(44-4)16-27(45-5)32(30)35/h6-8,13-18H,1,9-12H2,2-5H3,(H,36,38)(H,39,43). The summed E-state index contributed by atoms with van der Waals surface area (Å²) in [5.74, 6) is 1.16. The fraction of sp³-hybridized carbons (Fsp3) is 0.242. The Hall–Kier alpha value is -4.51. The monoisotopic (exact) mass is 645 g/mol. The van der Waals surface area contributed by atoms with E-state index in [0.29, 0.717) is 55.5 Å². The van der Waals surface area contributed by atoms with E-state index in [2.05, 4.69) is 40.1 Å². The van der Waals surface area contributed by atoms with Crippen molar-refractivity contribution in [1.82, 2.24) is 19.3 Å². The molecule has 0 unspecified atom stereocenters. The number of amides is 1. The number of carbonyl (C=O) groups excluding carboxylic acids is 1. The minimum absolute atomic E-state index is 0.297. The molecule has 10 nitrogen and oxygen atoms in total. The molecule has 0 bridgehead atoms. The molecule has 12 heteroatoms. The number of imidazole rings is 1. The van der Waals surface area contributed by atoms with Crippen LogP contribution >= 0.6 is 23.2 Å². The third-order valence-corrected chi connectivity index (χ3v) is 8.71. The van der Waals surface area contributed by atoms with Crippen molar-refractivity contribution in [3.05, 3.63) is 77.2 Å². The van der Waals surface area contributed by atoms with E-state index in [9.17, 15) is 4.79 Å². The van der Waals surface area contributed by atoms with E-state index < -0.39 is 0 Å².